The Balaban J connectivity index is 1.63. The van der Waals surface area contributed by atoms with Crippen LogP contribution >= 0.6 is 46.4 Å². The second-order valence-corrected chi connectivity index (χ2v) is 6.83. The van der Waals surface area contributed by atoms with Gasteiger partial charge >= 0.3 is 0 Å². The van der Waals surface area contributed by atoms with Gasteiger partial charge in [0, 0.05) is 16.9 Å². The van der Waals surface area contributed by atoms with E-state index in [1.54, 1.807) is 48.7 Å². The van der Waals surface area contributed by atoms with Crippen molar-refractivity contribution < 1.29 is 9.53 Å². The predicted octanol–water partition coefficient (Wildman–Crippen LogP) is 5.79. The maximum atomic E-state index is 12.2. The quantitative estimate of drug-likeness (QED) is 0.557. The van der Waals surface area contributed by atoms with Crippen LogP contribution in [0.25, 0.3) is 0 Å². The first-order valence-electron chi connectivity index (χ1n) is 7.30. The summed E-state index contributed by atoms with van der Waals surface area (Å²) in [5, 5.41) is 8.52. The number of benzene rings is 2. The first kappa shape index (κ1) is 18.9. The molecule has 0 unspecified atom stereocenters. The Hall–Kier alpha value is -1.92. The molecule has 134 valence electrons. The Kier molecular flexibility index (Phi) is 5.94. The highest BCUT2D eigenvalue weighted by atomic mass is 35.5. The van der Waals surface area contributed by atoms with Gasteiger partial charge in [-0.05, 0) is 42.5 Å². The van der Waals surface area contributed by atoms with Crippen molar-refractivity contribution in [2.75, 3.05) is 5.32 Å². The van der Waals surface area contributed by atoms with Gasteiger partial charge in [-0.3, -0.25) is 4.79 Å². The van der Waals surface area contributed by atoms with Gasteiger partial charge in [-0.15, -0.1) is 0 Å². The third-order valence-electron chi connectivity index (χ3n) is 3.30. The largest absolute Gasteiger partial charge is 0.470 e. The number of carbonyl (C=O) groups is 1. The Labute approximate surface area is 169 Å². The van der Waals surface area contributed by atoms with Gasteiger partial charge in [0.25, 0.3) is 5.91 Å². The van der Waals surface area contributed by atoms with Gasteiger partial charge in [0.15, 0.2) is 12.4 Å². The zero-order valence-corrected chi connectivity index (χ0v) is 16.1. The minimum atomic E-state index is -0.383. The highest BCUT2D eigenvalue weighted by molar-refractivity contribution is 6.42. The molecular weight excluding hydrogens is 420 g/mol. The lowest BCUT2D eigenvalue weighted by atomic mass is 10.3. The van der Waals surface area contributed by atoms with E-state index in [9.17, 15) is 4.79 Å². The molecule has 1 aromatic heterocycles. The van der Waals surface area contributed by atoms with Crippen molar-refractivity contribution in [1.82, 2.24) is 9.78 Å². The fourth-order valence-corrected chi connectivity index (χ4v) is 2.81. The van der Waals surface area contributed by atoms with Crippen LogP contribution in [-0.4, -0.2) is 15.7 Å². The fourth-order valence-electron chi connectivity index (χ4n) is 2.05. The molecular formula is C17H11Cl4N3O2. The van der Waals surface area contributed by atoms with Gasteiger partial charge < -0.3 is 10.1 Å². The van der Waals surface area contributed by atoms with E-state index >= 15 is 0 Å². The molecule has 0 fully saturated rings. The lowest BCUT2D eigenvalue weighted by molar-refractivity contribution is 0.102. The molecule has 0 radical (unpaired) electrons. The number of ether oxygens (including phenoxy) is 1. The molecule has 0 atom stereocenters. The molecule has 3 rings (SSSR count). The highest BCUT2D eigenvalue weighted by Crippen LogP contribution is 2.28. The highest BCUT2D eigenvalue weighted by Gasteiger charge is 2.11. The minimum absolute atomic E-state index is 0.0847. The van der Waals surface area contributed by atoms with Crippen molar-refractivity contribution >= 4 is 58.0 Å². The zero-order valence-electron chi connectivity index (χ0n) is 13.0. The topological polar surface area (TPSA) is 56.2 Å². The molecule has 1 heterocycles. The Morgan fingerprint density at radius 1 is 1.00 bits per heavy atom. The summed E-state index contributed by atoms with van der Waals surface area (Å²) in [5.74, 6) is 0.0834. The van der Waals surface area contributed by atoms with E-state index in [4.69, 9.17) is 51.1 Å². The number of halogens is 4. The first-order chi connectivity index (χ1) is 12.4. The van der Waals surface area contributed by atoms with Crippen LogP contribution in [0.4, 0.5) is 5.69 Å². The molecule has 0 saturated carbocycles. The lowest BCUT2D eigenvalue weighted by Gasteiger charge is -2.08. The summed E-state index contributed by atoms with van der Waals surface area (Å²) in [6, 6.07) is 11.3. The number of rotatable bonds is 5. The van der Waals surface area contributed by atoms with Crippen molar-refractivity contribution in [1.29, 1.82) is 0 Å². The molecule has 1 amide bonds. The maximum Gasteiger partial charge on any atom is 0.276 e. The van der Waals surface area contributed by atoms with Crippen LogP contribution in [0.5, 0.6) is 5.75 Å². The maximum absolute atomic E-state index is 12.2. The molecule has 3 aromatic rings. The van der Waals surface area contributed by atoms with E-state index in [2.05, 4.69) is 10.4 Å². The van der Waals surface area contributed by atoms with Gasteiger partial charge in [-0.25, -0.2) is 4.68 Å². The zero-order chi connectivity index (χ0) is 18.7. The van der Waals surface area contributed by atoms with Crippen LogP contribution < -0.4 is 10.1 Å². The number of amides is 1. The summed E-state index contributed by atoms with van der Waals surface area (Å²) >= 11 is 23.7. The molecule has 0 spiro atoms. The summed E-state index contributed by atoms with van der Waals surface area (Å²) < 4.78 is 7.03. The standard InChI is InChI=1S/C17H11Cl4N3O2/c18-10-1-4-16(14(21)7-10)26-9-24-6-5-15(23-24)17(25)22-11-2-3-12(19)13(20)8-11/h1-8H,9H2,(H,22,25). The van der Waals surface area contributed by atoms with Crippen LogP contribution in [0.1, 0.15) is 10.5 Å². The van der Waals surface area contributed by atoms with E-state index in [0.29, 0.717) is 31.5 Å². The molecule has 1 N–H and O–H groups in total. The number of anilines is 1. The second kappa shape index (κ2) is 8.18. The summed E-state index contributed by atoms with van der Waals surface area (Å²) in [7, 11) is 0. The van der Waals surface area contributed by atoms with E-state index in [1.165, 1.54) is 4.68 Å². The van der Waals surface area contributed by atoms with E-state index in [0.717, 1.165) is 0 Å². The van der Waals surface area contributed by atoms with Gasteiger partial charge in [0.2, 0.25) is 0 Å². The Morgan fingerprint density at radius 3 is 2.54 bits per heavy atom. The number of hydrogen-bond donors (Lipinski definition) is 1. The normalized spacial score (nSPS) is 10.6. The SMILES string of the molecule is O=C(Nc1ccc(Cl)c(Cl)c1)c1ccn(COc2ccc(Cl)cc2Cl)n1. The molecule has 0 saturated heterocycles. The summed E-state index contributed by atoms with van der Waals surface area (Å²) in [6.45, 7) is 0.0847. The van der Waals surface area contributed by atoms with Crippen LogP contribution in [0, 0.1) is 0 Å². The summed E-state index contributed by atoms with van der Waals surface area (Å²) in [4.78, 5) is 12.2. The Bertz CT molecular complexity index is 959. The second-order valence-electron chi connectivity index (χ2n) is 5.17. The summed E-state index contributed by atoms with van der Waals surface area (Å²) in [5.41, 5.74) is 0.741. The molecule has 0 bridgehead atoms. The van der Waals surface area contributed by atoms with Crippen molar-refractivity contribution in [2.45, 2.75) is 6.73 Å². The monoisotopic (exact) mass is 429 g/mol. The van der Waals surface area contributed by atoms with Gasteiger partial charge in [0.05, 0.1) is 15.1 Å². The van der Waals surface area contributed by atoms with Crippen molar-refractivity contribution in [3.63, 3.8) is 0 Å². The summed E-state index contributed by atoms with van der Waals surface area (Å²) in [6.07, 6.45) is 1.62. The van der Waals surface area contributed by atoms with Crippen LogP contribution in [0.2, 0.25) is 20.1 Å². The van der Waals surface area contributed by atoms with Crippen molar-refractivity contribution in [3.05, 3.63) is 74.4 Å². The minimum Gasteiger partial charge on any atom is -0.470 e. The number of carbonyl (C=O) groups excluding carboxylic acids is 1. The molecule has 5 nitrogen and oxygen atoms in total. The van der Waals surface area contributed by atoms with E-state index < -0.39 is 0 Å². The average Bonchev–Trinajstić information content (AvgIpc) is 3.06. The molecule has 0 aliphatic heterocycles. The molecule has 26 heavy (non-hydrogen) atoms. The third kappa shape index (κ3) is 4.62. The predicted molar refractivity (Wildman–Crippen MR) is 104 cm³/mol. The number of nitrogens with zero attached hydrogens (tertiary/aromatic N) is 2. The average molecular weight is 431 g/mol. The van der Waals surface area contributed by atoms with E-state index in [-0.39, 0.29) is 18.3 Å². The Morgan fingerprint density at radius 2 is 1.81 bits per heavy atom. The smallest absolute Gasteiger partial charge is 0.276 e. The van der Waals surface area contributed by atoms with E-state index in [1.807, 2.05) is 0 Å². The molecule has 0 aliphatic rings. The van der Waals surface area contributed by atoms with Crippen LogP contribution in [0.3, 0.4) is 0 Å². The van der Waals surface area contributed by atoms with Crippen LogP contribution in [0.15, 0.2) is 48.7 Å². The number of aromatic nitrogens is 2. The van der Waals surface area contributed by atoms with Gasteiger partial charge in [0.1, 0.15) is 5.75 Å². The third-order valence-corrected chi connectivity index (χ3v) is 4.57. The van der Waals surface area contributed by atoms with Crippen LogP contribution in [-0.2, 0) is 6.73 Å². The molecule has 0 aliphatic carbocycles. The van der Waals surface area contributed by atoms with Crippen molar-refractivity contribution in [3.8, 4) is 5.75 Å². The fraction of sp³-hybridized carbons (Fsp3) is 0.0588. The lowest BCUT2D eigenvalue weighted by Crippen LogP contribution is -2.14. The first-order valence-corrected chi connectivity index (χ1v) is 8.81. The van der Waals surface area contributed by atoms with Gasteiger partial charge in [-0.1, -0.05) is 46.4 Å². The van der Waals surface area contributed by atoms with Crippen molar-refractivity contribution in [2.24, 2.45) is 0 Å². The van der Waals surface area contributed by atoms with Gasteiger partial charge in [-0.2, -0.15) is 5.10 Å². The number of nitrogens with one attached hydrogen (secondary N) is 1. The molecule has 2 aromatic carbocycles. The molecule has 9 heteroatoms. The number of hydrogen-bond acceptors (Lipinski definition) is 3.